The molecule has 1 aliphatic heterocycles. The third-order valence-corrected chi connectivity index (χ3v) is 5.35. The van der Waals surface area contributed by atoms with Gasteiger partial charge in [-0.15, -0.1) is 24.0 Å². The zero-order chi connectivity index (χ0) is 19.5. The Hall–Kier alpha value is -0.740. The first kappa shape index (κ1) is 25.3. The third-order valence-electron chi connectivity index (χ3n) is 4.65. The molecule has 1 aliphatic rings. The molecule has 0 saturated carbocycles. The van der Waals surface area contributed by atoms with Gasteiger partial charge in [-0.05, 0) is 62.3 Å². The molecule has 0 radical (unpaired) electrons. The number of hydrogen-bond donors (Lipinski definition) is 3. The van der Waals surface area contributed by atoms with Crippen LogP contribution in [0.15, 0.2) is 23.2 Å². The van der Waals surface area contributed by atoms with Crippen LogP contribution in [0.25, 0.3) is 0 Å². The molecule has 0 aliphatic carbocycles. The lowest BCUT2D eigenvalue weighted by Gasteiger charge is -2.31. The van der Waals surface area contributed by atoms with Crippen molar-refractivity contribution in [3.63, 3.8) is 0 Å². The molecule has 0 unspecified atom stereocenters. The van der Waals surface area contributed by atoms with Crippen molar-refractivity contribution in [1.82, 2.24) is 10.6 Å². The number of aliphatic hydroxyl groups excluding tert-OH is 1. The summed E-state index contributed by atoms with van der Waals surface area (Å²) in [5, 5.41) is 16.2. The summed E-state index contributed by atoms with van der Waals surface area (Å²) in [6, 6.07) is 5.35. The van der Waals surface area contributed by atoms with Crippen LogP contribution in [0.4, 0.5) is 10.1 Å². The molecule has 0 spiro atoms. The number of nitrogens with zero attached hydrogens (tertiary/aromatic N) is 2. The highest BCUT2D eigenvalue weighted by atomic mass is 127. The average Bonchev–Trinajstić information content (AvgIpc) is 2.67. The number of aliphatic imine (C=N–C) groups is 1. The highest BCUT2D eigenvalue weighted by molar-refractivity contribution is 14.0. The molecule has 160 valence electrons. The van der Waals surface area contributed by atoms with Crippen LogP contribution in [-0.4, -0.2) is 55.4 Å². The Morgan fingerprint density at radius 1 is 1.29 bits per heavy atom. The van der Waals surface area contributed by atoms with E-state index < -0.39 is 0 Å². The molecule has 0 atom stereocenters. The number of rotatable bonds is 9. The lowest BCUT2D eigenvalue weighted by atomic mass is 10.1. The Balaban J connectivity index is 0.00000392. The van der Waals surface area contributed by atoms with E-state index in [1.165, 1.54) is 12.2 Å². The minimum absolute atomic E-state index is 0. The first-order valence-electron chi connectivity index (χ1n) is 9.86. The summed E-state index contributed by atoms with van der Waals surface area (Å²) in [4.78, 5) is 6.58. The zero-order valence-corrected chi connectivity index (χ0v) is 20.1. The van der Waals surface area contributed by atoms with E-state index in [0.717, 1.165) is 31.0 Å². The van der Waals surface area contributed by atoms with E-state index >= 15 is 0 Å². The van der Waals surface area contributed by atoms with E-state index in [9.17, 15) is 9.50 Å². The van der Waals surface area contributed by atoms with E-state index in [-0.39, 0.29) is 35.9 Å². The number of benzene rings is 1. The monoisotopic (exact) mass is 524 g/mol. The number of nitrogens with one attached hydrogen (secondary N) is 2. The SMILES string of the molecule is CCNC(=NCc1ccc(N2CCC(O)CC2)c(F)c1)NCCCCSC.I. The van der Waals surface area contributed by atoms with Gasteiger partial charge in [0.25, 0.3) is 0 Å². The van der Waals surface area contributed by atoms with Gasteiger partial charge in [-0.1, -0.05) is 6.07 Å². The summed E-state index contributed by atoms with van der Waals surface area (Å²) in [6.07, 6.45) is 5.56. The number of aliphatic hydroxyl groups is 1. The van der Waals surface area contributed by atoms with Crippen molar-refractivity contribution >= 4 is 47.4 Å². The van der Waals surface area contributed by atoms with E-state index in [2.05, 4.69) is 21.9 Å². The number of unbranched alkanes of at least 4 members (excludes halogenated alkanes) is 1. The van der Waals surface area contributed by atoms with E-state index in [4.69, 9.17) is 0 Å². The van der Waals surface area contributed by atoms with Gasteiger partial charge in [0.05, 0.1) is 18.3 Å². The molecule has 3 N–H and O–H groups in total. The van der Waals surface area contributed by atoms with Gasteiger partial charge in [0.2, 0.25) is 0 Å². The summed E-state index contributed by atoms with van der Waals surface area (Å²) in [7, 11) is 0. The Morgan fingerprint density at radius 3 is 2.68 bits per heavy atom. The van der Waals surface area contributed by atoms with Crippen molar-refractivity contribution in [2.24, 2.45) is 4.99 Å². The minimum Gasteiger partial charge on any atom is -0.393 e. The topological polar surface area (TPSA) is 59.9 Å². The van der Waals surface area contributed by atoms with Gasteiger partial charge in [0.1, 0.15) is 5.82 Å². The van der Waals surface area contributed by atoms with Gasteiger partial charge < -0.3 is 20.6 Å². The van der Waals surface area contributed by atoms with Crippen LogP contribution in [0.5, 0.6) is 0 Å². The Kier molecular flexibility index (Phi) is 12.9. The van der Waals surface area contributed by atoms with Crippen molar-refractivity contribution < 1.29 is 9.50 Å². The molecule has 1 aromatic rings. The quantitative estimate of drug-likeness (QED) is 0.200. The van der Waals surface area contributed by atoms with E-state index in [1.54, 1.807) is 6.07 Å². The molecule has 1 fully saturated rings. The predicted molar refractivity (Wildman–Crippen MR) is 130 cm³/mol. The van der Waals surface area contributed by atoms with Crippen molar-refractivity contribution in [3.8, 4) is 0 Å². The Labute approximate surface area is 190 Å². The number of piperidine rings is 1. The van der Waals surface area contributed by atoms with Crippen LogP contribution in [0.3, 0.4) is 0 Å². The molecular weight excluding hydrogens is 490 g/mol. The second-order valence-corrected chi connectivity index (χ2v) is 7.81. The number of halogens is 2. The summed E-state index contributed by atoms with van der Waals surface area (Å²) in [5.74, 6) is 1.74. The zero-order valence-electron chi connectivity index (χ0n) is 16.9. The largest absolute Gasteiger partial charge is 0.393 e. The second-order valence-electron chi connectivity index (χ2n) is 6.83. The molecule has 1 saturated heterocycles. The van der Waals surface area contributed by atoms with Crippen LogP contribution in [0.2, 0.25) is 0 Å². The average molecular weight is 524 g/mol. The molecule has 1 heterocycles. The lowest BCUT2D eigenvalue weighted by molar-refractivity contribution is 0.145. The molecule has 0 aromatic heterocycles. The lowest BCUT2D eigenvalue weighted by Crippen LogP contribution is -2.37. The van der Waals surface area contributed by atoms with Crippen LogP contribution in [0, 0.1) is 5.82 Å². The number of thioether (sulfide) groups is 1. The first-order chi connectivity index (χ1) is 13.1. The minimum atomic E-state index is -0.254. The molecule has 5 nitrogen and oxygen atoms in total. The number of anilines is 1. The summed E-state index contributed by atoms with van der Waals surface area (Å²) < 4.78 is 14.5. The Bertz CT molecular complexity index is 598. The van der Waals surface area contributed by atoms with E-state index in [1.807, 2.05) is 35.7 Å². The van der Waals surface area contributed by atoms with Gasteiger partial charge >= 0.3 is 0 Å². The molecule has 8 heteroatoms. The maximum atomic E-state index is 14.5. The van der Waals surface area contributed by atoms with Crippen molar-refractivity contribution in [3.05, 3.63) is 29.6 Å². The maximum absolute atomic E-state index is 14.5. The van der Waals surface area contributed by atoms with Gasteiger partial charge in [0.15, 0.2) is 5.96 Å². The molecule has 2 rings (SSSR count). The smallest absolute Gasteiger partial charge is 0.191 e. The number of guanidine groups is 1. The maximum Gasteiger partial charge on any atom is 0.191 e. The molecule has 0 amide bonds. The summed E-state index contributed by atoms with van der Waals surface area (Å²) >= 11 is 1.87. The van der Waals surface area contributed by atoms with Gasteiger partial charge in [-0.2, -0.15) is 11.8 Å². The summed E-state index contributed by atoms with van der Waals surface area (Å²) in [5.41, 5.74) is 1.47. The van der Waals surface area contributed by atoms with Gasteiger partial charge in [-0.25, -0.2) is 9.38 Å². The van der Waals surface area contributed by atoms with Gasteiger partial charge in [-0.3, -0.25) is 0 Å². The summed E-state index contributed by atoms with van der Waals surface area (Å²) in [6.45, 7) is 5.55. The highest BCUT2D eigenvalue weighted by Gasteiger charge is 2.19. The normalized spacial score (nSPS) is 15.3. The van der Waals surface area contributed by atoms with Crippen LogP contribution >= 0.6 is 35.7 Å². The Morgan fingerprint density at radius 2 is 2.04 bits per heavy atom. The molecule has 1 aromatic carbocycles. The van der Waals surface area contributed by atoms with Crippen LogP contribution in [0.1, 0.15) is 38.2 Å². The molecular formula is C20H34FIN4OS. The van der Waals surface area contributed by atoms with Crippen LogP contribution in [-0.2, 0) is 6.54 Å². The van der Waals surface area contributed by atoms with Crippen molar-refractivity contribution in [2.75, 3.05) is 43.1 Å². The fourth-order valence-corrected chi connectivity index (χ4v) is 3.60. The fourth-order valence-electron chi connectivity index (χ4n) is 3.10. The second kappa shape index (κ2) is 14.3. The number of hydrogen-bond acceptors (Lipinski definition) is 4. The first-order valence-corrected chi connectivity index (χ1v) is 11.3. The van der Waals surface area contributed by atoms with Crippen molar-refractivity contribution in [1.29, 1.82) is 0 Å². The van der Waals surface area contributed by atoms with Crippen molar-refractivity contribution in [2.45, 2.75) is 45.3 Å². The fraction of sp³-hybridized carbons (Fsp3) is 0.650. The standard InChI is InChI=1S/C20H33FN4OS.HI/c1-3-22-20(23-10-4-5-13-27-2)24-15-16-6-7-19(18(21)14-16)25-11-8-17(26)9-12-25;/h6-7,14,17,26H,3-5,8-13,15H2,1-2H3,(H2,22,23,24);1H. The molecule has 28 heavy (non-hydrogen) atoms. The van der Waals surface area contributed by atoms with Crippen LogP contribution < -0.4 is 15.5 Å². The van der Waals surface area contributed by atoms with Gasteiger partial charge in [0, 0.05) is 26.2 Å². The van der Waals surface area contributed by atoms with E-state index in [0.29, 0.717) is 38.2 Å². The third kappa shape index (κ3) is 8.73. The highest BCUT2D eigenvalue weighted by Crippen LogP contribution is 2.24. The molecule has 0 bridgehead atoms. The predicted octanol–water partition coefficient (Wildman–Crippen LogP) is 3.60.